The van der Waals surface area contributed by atoms with E-state index in [1.54, 1.807) is 24.3 Å². The summed E-state index contributed by atoms with van der Waals surface area (Å²) in [5.74, 6) is -1.36. The summed E-state index contributed by atoms with van der Waals surface area (Å²) in [6.45, 7) is 0.241. The molecule has 0 amide bonds. The van der Waals surface area contributed by atoms with Gasteiger partial charge in [0.2, 0.25) is 0 Å². The third-order valence-electron chi connectivity index (χ3n) is 5.68. The lowest BCUT2D eigenvalue weighted by Crippen LogP contribution is -2.30. The van der Waals surface area contributed by atoms with Crippen molar-refractivity contribution in [2.75, 3.05) is 6.61 Å². The van der Waals surface area contributed by atoms with E-state index in [9.17, 15) is 13.6 Å². The first-order chi connectivity index (χ1) is 14.6. The third kappa shape index (κ3) is 3.16. The van der Waals surface area contributed by atoms with Crippen LogP contribution in [0.5, 0.6) is 0 Å². The Morgan fingerprint density at radius 2 is 1.37 bits per heavy atom. The van der Waals surface area contributed by atoms with Gasteiger partial charge in [0, 0.05) is 11.1 Å². The quantitative estimate of drug-likeness (QED) is 0.549. The van der Waals surface area contributed by atoms with Gasteiger partial charge in [-0.15, -0.1) is 0 Å². The van der Waals surface area contributed by atoms with Crippen LogP contribution in [-0.2, 0) is 14.3 Å². The number of esters is 1. The highest BCUT2D eigenvalue weighted by Gasteiger charge is 2.50. The van der Waals surface area contributed by atoms with E-state index < -0.39 is 12.0 Å². The summed E-state index contributed by atoms with van der Waals surface area (Å²) < 4.78 is 39.1. The van der Waals surface area contributed by atoms with Crippen molar-refractivity contribution in [1.82, 2.24) is 0 Å². The molecule has 0 radical (unpaired) electrons. The lowest BCUT2D eigenvalue weighted by atomic mass is 9.76. The van der Waals surface area contributed by atoms with E-state index >= 15 is 0 Å². The fourth-order valence-corrected chi connectivity index (χ4v) is 4.28. The van der Waals surface area contributed by atoms with Crippen molar-refractivity contribution in [3.63, 3.8) is 0 Å². The van der Waals surface area contributed by atoms with Crippen LogP contribution in [0.25, 0.3) is 11.3 Å². The first kappa shape index (κ1) is 18.6. The molecule has 0 aliphatic carbocycles. The molecule has 2 heterocycles. The average Bonchev–Trinajstić information content (AvgIpc) is 3.16. The van der Waals surface area contributed by atoms with E-state index in [-0.39, 0.29) is 30.1 Å². The summed E-state index contributed by atoms with van der Waals surface area (Å²) in [5, 5.41) is 0. The van der Waals surface area contributed by atoms with Crippen LogP contribution in [0.15, 0.2) is 78.9 Å². The van der Waals surface area contributed by atoms with E-state index in [1.807, 2.05) is 30.3 Å². The highest BCUT2D eigenvalue weighted by molar-refractivity contribution is 6.00. The number of cyclic esters (lactones) is 1. The topological polar surface area (TPSA) is 35.5 Å². The lowest BCUT2D eigenvalue weighted by Gasteiger charge is -2.36. The zero-order valence-corrected chi connectivity index (χ0v) is 15.9. The molecule has 0 aromatic heterocycles. The molecule has 0 spiro atoms. The molecular formula is C25H18F2O3. The van der Waals surface area contributed by atoms with Crippen LogP contribution in [0.3, 0.4) is 0 Å². The molecule has 5 rings (SSSR count). The summed E-state index contributed by atoms with van der Waals surface area (Å²) in [4.78, 5) is 12.8. The number of rotatable bonds is 3. The molecule has 0 bridgehead atoms. The smallest absolute Gasteiger partial charge is 0.314 e. The molecule has 1 fully saturated rings. The molecule has 2 aliphatic rings. The zero-order valence-electron chi connectivity index (χ0n) is 15.9. The largest absolute Gasteiger partial charge is 0.484 e. The van der Waals surface area contributed by atoms with Crippen molar-refractivity contribution < 1.29 is 23.0 Å². The molecule has 3 nitrogen and oxygen atoms in total. The van der Waals surface area contributed by atoms with Gasteiger partial charge < -0.3 is 9.47 Å². The first-order valence-corrected chi connectivity index (χ1v) is 9.76. The fraction of sp³-hybridized carbons (Fsp3) is 0.160. The summed E-state index contributed by atoms with van der Waals surface area (Å²) in [6.07, 6.45) is -0.396. The van der Waals surface area contributed by atoms with E-state index in [2.05, 4.69) is 0 Å². The van der Waals surface area contributed by atoms with Gasteiger partial charge in [0.1, 0.15) is 23.5 Å². The van der Waals surface area contributed by atoms with Crippen LogP contribution in [0.1, 0.15) is 22.8 Å². The van der Waals surface area contributed by atoms with Crippen LogP contribution < -0.4 is 0 Å². The van der Waals surface area contributed by atoms with Gasteiger partial charge >= 0.3 is 5.97 Å². The Morgan fingerprint density at radius 1 is 0.767 bits per heavy atom. The molecule has 3 aromatic carbocycles. The summed E-state index contributed by atoms with van der Waals surface area (Å²) in [7, 11) is 0. The molecule has 150 valence electrons. The SMILES string of the molecule is O=C1OCC2C1C(c1ccc(F)cc1)=C(c1ccc(F)cc1)OC2c1ccccc1. The highest BCUT2D eigenvalue weighted by atomic mass is 19.1. The van der Waals surface area contributed by atoms with E-state index in [0.717, 1.165) is 5.56 Å². The molecule has 0 N–H and O–H groups in total. The molecule has 3 unspecified atom stereocenters. The number of benzene rings is 3. The van der Waals surface area contributed by atoms with E-state index in [4.69, 9.17) is 9.47 Å². The van der Waals surface area contributed by atoms with Gasteiger partial charge in [0.05, 0.1) is 18.4 Å². The number of halogens is 2. The Morgan fingerprint density at radius 3 is 2.00 bits per heavy atom. The summed E-state index contributed by atoms with van der Waals surface area (Å²) in [6, 6.07) is 21.6. The lowest BCUT2D eigenvalue weighted by molar-refractivity contribution is -0.139. The molecule has 30 heavy (non-hydrogen) atoms. The van der Waals surface area contributed by atoms with Crippen molar-refractivity contribution in [2.45, 2.75) is 6.10 Å². The molecule has 2 aliphatic heterocycles. The van der Waals surface area contributed by atoms with E-state index in [0.29, 0.717) is 22.5 Å². The predicted molar refractivity (Wildman–Crippen MR) is 108 cm³/mol. The van der Waals surface area contributed by atoms with Crippen LogP contribution >= 0.6 is 0 Å². The Kier molecular flexibility index (Phi) is 4.58. The van der Waals surface area contributed by atoms with Crippen LogP contribution in [0.2, 0.25) is 0 Å². The fourth-order valence-electron chi connectivity index (χ4n) is 4.28. The Bertz CT molecular complexity index is 1110. The third-order valence-corrected chi connectivity index (χ3v) is 5.68. The standard InChI is InChI=1S/C25H18F2O3/c26-18-10-6-15(7-11-18)21-22-20(14-29-25(22)28)23(16-4-2-1-3-5-16)30-24(21)17-8-12-19(27)13-9-17/h1-13,20,22-23H,14H2. The maximum absolute atomic E-state index is 13.6. The normalized spacial score (nSPS) is 23.0. The number of carbonyl (C=O) groups is 1. The zero-order chi connectivity index (χ0) is 20.7. The van der Waals surface area contributed by atoms with Crippen LogP contribution in [0, 0.1) is 23.5 Å². The van der Waals surface area contributed by atoms with Crippen molar-refractivity contribution in [3.05, 3.63) is 107 Å². The minimum atomic E-state index is -0.561. The Hall–Kier alpha value is -3.47. The van der Waals surface area contributed by atoms with Crippen molar-refractivity contribution in [3.8, 4) is 0 Å². The molecule has 5 heteroatoms. The monoisotopic (exact) mass is 404 g/mol. The van der Waals surface area contributed by atoms with Crippen molar-refractivity contribution in [2.24, 2.45) is 11.8 Å². The Balaban J connectivity index is 1.73. The second-order valence-corrected chi connectivity index (χ2v) is 7.48. The van der Waals surface area contributed by atoms with Gasteiger partial charge in [0.25, 0.3) is 0 Å². The van der Waals surface area contributed by atoms with Gasteiger partial charge in [-0.25, -0.2) is 8.78 Å². The Labute approximate surface area is 172 Å². The minimum absolute atomic E-state index is 0.218. The van der Waals surface area contributed by atoms with E-state index in [1.165, 1.54) is 24.3 Å². The maximum Gasteiger partial charge on any atom is 0.314 e. The number of fused-ring (bicyclic) bond motifs is 1. The van der Waals surface area contributed by atoms with Crippen LogP contribution in [0.4, 0.5) is 8.78 Å². The minimum Gasteiger partial charge on any atom is -0.484 e. The number of hydrogen-bond acceptors (Lipinski definition) is 3. The van der Waals surface area contributed by atoms with Crippen LogP contribution in [-0.4, -0.2) is 12.6 Å². The second kappa shape index (κ2) is 7.41. The number of carbonyl (C=O) groups excluding carboxylic acids is 1. The molecular weight excluding hydrogens is 386 g/mol. The highest BCUT2D eigenvalue weighted by Crippen LogP contribution is 2.51. The summed E-state index contributed by atoms with van der Waals surface area (Å²) in [5.41, 5.74) is 2.90. The van der Waals surface area contributed by atoms with Gasteiger partial charge in [-0.3, -0.25) is 4.79 Å². The predicted octanol–water partition coefficient (Wildman–Crippen LogP) is 5.39. The van der Waals surface area contributed by atoms with Gasteiger partial charge in [-0.1, -0.05) is 42.5 Å². The first-order valence-electron chi connectivity index (χ1n) is 9.76. The maximum atomic E-state index is 13.6. The molecule has 0 saturated carbocycles. The van der Waals surface area contributed by atoms with Crippen molar-refractivity contribution in [1.29, 1.82) is 0 Å². The average molecular weight is 404 g/mol. The number of ether oxygens (including phenoxy) is 2. The van der Waals surface area contributed by atoms with Gasteiger partial charge in [-0.05, 0) is 47.5 Å². The van der Waals surface area contributed by atoms with Gasteiger partial charge in [-0.2, -0.15) is 0 Å². The summed E-state index contributed by atoms with van der Waals surface area (Å²) >= 11 is 0. The molecule has 3 atom stereocenters. The van der Waals surface area contributed by atoms with Gasteiger partial charge in [0.15, 0.2) is 0 Å². The molecule has 3 aromatic rings. The number of hydrogen-bond donors (Lipinski definition) is 0. The molecule has 1 saturated heterocycles. The van der Waals surface area contributed by atoms with Crippen molar-refractivity contribution >= 4 is 17.3 Å². The second-order valence-electron chi connectivity index (χ2n) is 7.48.